The number of hydrogen-bond donors (Lipinski definition) is 1. The minimum absolute atomic E-state index is 0.293. The van der Waals surface area contributed by atoms with Gasteiger partial charge in [0.2, 0.25) is 5.91 Å². The third-order valence-electron chi connectivity index (χ3n) is 2.34. The summed E-state index contributed by atoms with van der Waals surface area (Å²) < 4.78 is 0. The molecule has 0 bridgehead atoms. The van der Waals surface area contributed by atoms with Crippen LogP contribution in [0.4, 0.5) is 5.00 Å². The number of nitriles is 1. The maximum absolute atomic E-state index is 11.7. The van der Waals surface area contributed by atoms with Gasteiger partial charge in [0.05, 0.1) is 5.56 Å². The van der Waals surface area contributed by atoms with Crippen LogP contribution >= 0.6 is 22.9 Å². The van der Waals surface area contributed by atoms with E-state index >= 15 is 0 Å². The van der Waals surface area contributed by atoms with Crippen LogP contribution in [0.5, 0.6) is 0 Å². The van der Waals surface area contributed by atoms with E-state index in [1.54, 1.807) is 23.6 Å². The van der Waals surface area contributed by atoms with Crippen LogP contribution in [-0.4, -0.2) is 5.91 Å². The SMILES string of the molecule is N#Cc1ccsc1NC(=O)C=Cc1ccccc1Cl. The number of halogens is 1. The molecule has 0 aliphatic heterocycles. The Morgan fingerprint density at radius 1 is 1.37 bits per heavy atom. The molecule has 1 heterocycles. The lowest BCUT2D eigenvalue weighted by atomic mass is 10.2. The van der Waals surface area contributed by atoms with Crippen molar-refractivity contribution in [2.75, 3.05) is 5.32 Å². The Morgan fingerprint density at radius 3 is 2.89 bits per heavy atom. The van der Waals surface area contributed by atoms with Crippen LogP contribution in [0.25, 0.3) is 6.08 Å². The molecule has 2 aromatic rings. The molecular weight excluding hydrogens is 280 g/mol. The van der Waals surface area contributed by atoms with Gasteiger partial charge in [-0.15, -0.1) is 11.3 Å². The number of amides is 1. The lowest BCUT2D eigenvalue weighted by Crippen LogP contribution is -2.07. The molecule has 1 aromatic carbocycles. The van der Waals surface area contributed by atoms with Crippen molar-refractivity contribution >= 4 is 39.9 Å². The molecule has 0 unspecified atom stereocenters. The first-order valence-corrected chi connectivity index (χ1v) is 6.67. The monoisotopic (exact) mass is 288 g/mol. The zero-order valence-electron chi connectivity index (χ0n) is 9.76. The Balaban J connectivity index is 2.07. The van der Waals surface area contributed by atoms with Gasteiger partial charge >= 0.3 is 0 Å². The summed E-state index contributed by atoms with van der Waals surface area (Å²) >= 11 is 7.29. The van der Waals surface area contributed by atoms with Gasteiger partial charge in [-0.1, -0.05) is 29.8 Å². The number of nitrogens with one attached hydrogen (secondary N) is 1. The van der Waals surface area contributed by atoms with Crippen LogP contribution in [0.1, 0.15) is 11.1 Å². The first-order chi connectivity index (χ1) is 9.20. The molecule has 5 heteroatoms. The van der Waals surface area contributed by atoms with Gasteiger partial charge in [-0.2, -0.15) is 5.26 Å². The number of nitrogens with zero attached hydrogens (tertiary/aromatic N) is 1. The highest BCUT2D eigenvalue weighted by molar-refractivity contribution is 7.14. The Labute approximate surface area is 119 Å². The van der Waals surface area contributed by atoms with Crippen LogP contribution in [0, 0.1) is 11.3 Å². The first-order valence-electron chi connectivity index (χ1n) is 5.42. The van der Waals surface area contributed by atoms with Crippen LogP contribution in [0.15, 0.2) is 41.8 Å². The van der Waals surface area contributed by atoms with E-state index in [0.717, 1.165) is 5.56 Å². The summed E-state index contributed by atoms with van der Waals surface area (Å²) in [6, 6.07) is 10.9. The zero-order valence-corrected chi connectivity index (χ0v) is 11.3. The van der Waals surface area contributed by atoms with Crippen molar-refractivity contribution in [3.63, 3.8) is 0 Å². The average molecular weight is 289 g/mol. The normalized spacial score (nSPS) is 10.3. The van der Waals surface area contributed by atoms with Crippen molar-refractivity contribution in [3.05, 3.63) is 57.9 Å². The Bertz CT molecular complexity index is 670. The van der Waals surface area contributed by atoms with E-state index in [0.29, 0.717) is 15.6 Å². The molecule has 94 valence electrons. The summed E-state index contributed by atoms with van der Waals surface area (Å²) in [6.45, 7) is 0. The second kappa shape index (κ2) is 6.19. The number of hydrogen-bond acceptors (Lipinski definition) is 3. The van der Waals surface area contributed by atoms with E-state index in [4.69, 9.17) is 16.9 Å². The number of carbonyl (C=O) groups is 1. The molecule has 0 aliphatic carbocycles. The summed E-state index contributed by atoms with van der Waals surface area (Å²) in [7, 11) is 0. The second-order valence-electron chi connectivity index (χ2n) is 3.62. The fourth-order valence-corrected chi connectivity index (χ4v) is 2.36. The highest BCUT2D eigenvalue weighted by atomic mass is 35.5. The Hall–Kier alpha value is -2.09. The maximum Gasteiger partial charge on any atom is 0.249 e. The number of thiophene rings is 1. The van der Waals surface area contributed by atoms with Gasteiger partial charge in [-0.05, 0) is 29.2 Å². The second-order valence-corrected chi connectivity index (χ2v) is 4.94. The van der Waals surface area contributed by atoms with Crippen LogP contribution in [-0.2, 0) is 4.79 Å². The third kappa shape index (κ3) is 3.44. The fraction of sp³-hybridized carbons (Fsp3) is 0. The van der Waals surface area contributed by atoms with Crippen molar-refractivity contribution in [1.82, 2.24) is 0 Å². The molecule has 0 radical (unpaired) electrons. The van der Waals surface area contributed by atoms with E-state index in [9.17, 15) is 4.79 Å². The predicted octanol–water partition coefficient (Wildman–Crippen LogP) is 3.93. The summed E-state index contributed by atoms with van der Waals surface area (Å²) in [6.07, 6.45) is 3.03. The number of carbonyl (C=O) groups excluding carboxylic acids is 1. The molecule has 3 nitrogen and oxygen atoms in total. The quantitative estimate of drug-likeness (QED) is 0.870. The average Bonchev–Trinajstić information content (AvgIpc) is 2.85. The lowest BCUT2D eigenvalue weighted by Gasteiger charge is -1.99. The molecule has 0 fully saturated rings. The largest absolute Gasteiger partial charge is 0.313 e. The molecular formula is C14H9ClN2OS. The van der Waals surface area contributed by atoms with Gasteiger partial charge in [0.25, 0.3) is 0 Å². The third-order valence-corrected chi connectivity index (χ3v) is 3.52. The number of benzene rings is 1. The van der Waals surface area contributed by atoms with Gasteiger partial charge in [0, 0.05) is 11.1 Å². The molecule has 0 saturated carbocycles. The van der Waals surface area contributed by atoms with Gasteiger partial charge < -0.3 is 5.32 Å². The fourth-order valence-electron chi connectivity index (χ4n) is 1.42. The minimum Gasteiger partial charge on any atom is -0.313 e. The molecule has 19 heavy (non-hydrogen) atoms. The molecule has 1 aromatic heterocycles. The summed E-state index contributed by atoms with van der Waals surface area (Å²) in [4.78, 5) is 11.7. The highest BCUT2D eigenvalue weighted by Crippen LogP contribution is 2.22. The molecule has 1 N–H and O–H groups in total. The van der Waals surface area contributed by atoms with Gasteiger partial charge in [-0.25, -0.2) is 0 Å². The number of rotatable bonds is 3. The van der Waals surface area contributed by atoms with Crippen molar-refractivity contribution in [3.8, 4) is 6.07 Å². The van der Waals surface area contributed by atoms with Gasteiger partial charge in [0.15, 0.2) is 0 Å². The standard InChI is InChI=1S/C14H9ClN2OS/c15-12-4-2-1-3-10(12)5-6-13(18)17-14-11(9-16)7-8-19-14/h1-8H,(H,17,18). The van der Waals surface area contributed by atoms with E-state index in [1.807, 2.05) is 24.3 Å². The van der Waals surface area contributed by atoms with E-state index in [-0.39, 0.29) is 5.91 Å². The Kier molecular flexibility index (Phi) is 4.35. The Morgan fingerprint density at radius 2 is 2.16 bits per heavy atom. The van der Waals surface area contributed by atoms with E-state index in [2.05, 4.69) is 5.32 Å². The molecule has 0 atom stereocenters. The van der Waals surface area contributed by atoms with Gasteiger partial charge in [-0.3, -0.25) is 4.79 Å². The van der Waals surface area contributed by atoms with Crippen molar-refractivity contribution in [2.45, 2.75) is 0 Å². The summed E-state index contributed by atoms with van der Waals surface area (Å²) in [5.74, 6) is -0.293. The maximum atomic E-state index is 11.7. The van der Waals surface area contributed by atoms with E-state index in [1.165, 1.54) is 17.4 Å². The lowest BCUT2D eigenvalue weighted by molar-refractivity contribution is -0.111. The summed E-state index contributed by atoms with van der Waals surface area (Å²) in [5.41, 5.74) is 1.23. The first kappa shape index (κ1) is 13.3. The smallest absolute Gasteiger partial charge is 0.249 e. The topological polar surface area (TPSA) is 52.9 Å². The van der Waals surface area contributed by atoms with E-state index < -0.39 is 0 Å². The van der Waals surface area contributed by atoms with Crippen LogP contribution < -0.4 is 5.32 Å². The number of anilines is 1. The van der Waals surface area contributed by atoms with Crippen molar-refractivity contribution < 1.29 is 4.79 Å². The summed E-state index contributed by atoms with van der Waals surface area (Å²) in [5, 5.41) is 14.4. The predicted molar refractivity (Wildman–Crippen MR) is 78.1 cm³/mol. The molecule has 1 amide bonds. The highest BCUT2D eigenvalue weighted by Gasteiger charge is 2.05. The molecule has 0 aliphatic rings. The molecule has 2 rings (SSSR count). The van der Waals surface area contributed by atoms with Crippen LogP contribution in [0.2, 0.25) is 5.02 Å². The molecule has 0 spiro atoms. The van der Waals surface area contributed by atoms with Crippen LogP contribution in [0.3, 0.4) is 0 Å². The zero-order chi connectivity index (χ0) is 13.7. The van der Waals surface area contributed by atoms with Crippen molar-refractivity contribution in [1.29, 1.82) is 5.26 Å². The molecule has 0 saturated heterocycles. The van der Waals surface area contributed by atoms with Gasteiger partial charge in [0.1, 0.15) is 11.1 Å². The minimum atomic E-state index is -0.293. The van der Waals surface area contributed by atoms with Crippen molar-refractivity contribution in [2.24, 2.45) is 0 Å².